The maximum atomic E-state index is 12.0. The third kappa shape index (κ3) is 6.25. The van der Waals surface area contributed by atoms with Gasteiger partial charge in [-0.3, -0.25) is 4.79 Å². The predicted octanol–water partition coefficient (Wildman–Crippen LogP) is 1.81. The molecule has 1 atom stereocenters. The number of likely N-dealkylation sites (N-methyl/N-ethyl adjacent to an activating group) is 1. The van der Waals surface area contributed by atoms with Crippen molar-refractivity contribution >= 4 is 11.9 Å². The molecule has 2 rings (SSSR count). The van der Waals surface area contributed by atoms with Crippen molar-refractivity contribution in [3.05, 3.63) is 59.5 Å². The van der Waals surface area contributed by atoms with Gasteiger partial charge in [0.25, 0.3) is 0 Å². The minimum Gasteiger partial charge on any atom is -0.467 e. The van der Waals surface area contributed by atoms with Crippen LogP contribution in [0.2, 0.25) is 0 Å². The zero-order valence-electron chi connectivity index (χ0n) is 15.4. The Bertz CT molecular complexity index is 696. The Morgan fingerprint density at radius 3 is 2.42 bits per heavy atom. The summed E-state index contributed by atoms with van der Waals surface area (Å²) >= 11 is 0. The van der Waals surface area contributed by atoms with Gasteiger partial charge in [-0.15, -0.1) is 0 Å². The number of rotatable bonds is 8. The normalized spacial score (nSPS) is 11.8. The second-order valence-corrected chi connectivity index (χ2v) is 6.31. The molecule has 2 aromatic rings. The van der Waals surface area contributed by atoms with E-state index in [0.29, 0.717) is 18.8 Å². The average molecular weight is 358 g/mol. The van der Waals surface area contributed by atoms with Gasteiger partial charge in [-0.25, -0.2) is 4.79 Å². The zero-order valence-corrected chi connectivity index (χ0v) is 15.4. The lowest BCUT2D eigenvalue weighted by Crippen LogP contribution is -2.44. The van der Waals surface area contributed by atoms with Crippen molar-refractivity contribution in [3.63, 3.8) is 0 Å². The van der Waals surface area contributed by atoms with Crippen LogP contribution in [0.1, 0.15) is 22.9 Å². The molecule has 1 heterocycles. The van der Waals surface area contributed by atoms with Crippen LogP contribution in [0.15, 0.2) is 47.1 Å². The van der Waals surface area contributed by atoms with Gasteiger partial charge in [0.2, 0.25) is 5.91 Å². The number of furan rings is 1. The van der Waals surface area contributed by atoms with Crippen LogP contribution in [0.25, 0.3) is 0 Å². The number of urea groups is 1. The molecule has 7 heteroatoms. The highest BCUT2D eigenvalue weighted by molar-refractivity contribution is 5.83. The molecule has 0 bridgehead atoms. The smallest absolute Gasteiger partial charge is 0.315 e. The lowest BCUT2D eigenvalue weighted by molar-refractivity contribution is -0.120. The van der Waals surface area contributed by atoms with Crippen molar-refractivity contribution < 1.29 is 14.0 Å². The topological polar surface area (TPSA) is 86.6 Å². The Morgan fingerprint density at radius 2 is 1.81 bits per heavy atom. The van der Waals surface area contributed by atoms with Gasteiger partial charge < -0.3 is 25.3 Å². The first-order chi connectivity index (χ1) is 12.5. The van der Waals surface area contributed by atoms with E-state index in [-0.39, 0.29) is 24.5 Å². The first-order valence-corrected chi connectivity index (χ1v) is 8.49. The number of hydrogen-bond donors (Lipinski definition) is 3. The number of nitrogens with one attached hydrogen (secondary N) is 3. The summed E-state index contributed by atoms with van der Waals surface area (Å²) in [6, 6.07) is 11.4. The van der Waals surface area contributed by atoms with Crippen molar-refractivity contribution in [2.45, 2.75) is 19.5 Å². The van der Waals surface area contributed by atoms with E-state index in [1.165, 1.54) is 5.56 Å². The molecule has 0 aliphatic rings. The maximum absolute atomic E-state index is 12.0. The van der Waals surface area contributed by atoms with Gasteiger partial charge in [-0.1, -0.05) is 29.8 Å². The Hall–Kier alpha value is -2.80. The summed E-state index contributed by atoms with van der Waals surface area (Å²) in [6.07, 6.45) is 1.54. The summed E-state index contributed by atoms with van der Waals surface area (Å²) in [7, 11) is 3.93. The molecule has 0 radical (unpaired) electrons. The summed E-state index contributed by atoms with van der Waals surface area (Å²) in [4.78, 5) is 25.7. The van der Waals surface area contributed by atoms with Gasteiger partial charge in [0.1, 0.15) is 5.76 Å². The van der Waals surface area contributed by atoms with E-state index >= 15 is 0 Å². The number of benzene rings is 1. The van der Waals surface area contributed by atoms with Crippen molar-refractivity contribution in [2.75, 3.05) is 27.2 Å². The largest absolute Gasteiger partial charge is 0.467 e. The standard InChI is InChI=1S/C19H26N4O3/c1-14-6-8-15(9-7-14)17(23(2)3)12-21-19(25)22-13-18(24)20-11-16-5-4-10-26-16/h4-10,17H,11-13H2,1-3H3,(H,20,24)(H2,21,22,25). The minimum atomic E-state index is -0.378. The molecule has 7 nitrogen and oxygen atoms in total. The Labute approximate surface area is 153 Å². The Morgan fingerprint density at radius 1 is 1.08 bits per heavy atom. The maximum Gasteiger partial charge on any atom is 0.315 e. The fourth-order valence-electron chi connectivity index (χ4n) is 2.46. The monoisotopic (exact) mass is 358 g/mol. The minimum absolute atomic E-state index is 0.0501. The molecular weight excluding hydrogens is 332 g/mol. The number of amides is 3. The number of carbonyl (C=O) groups excluding carboxylic acids is 2. The van der Waals surface area contributed by atoms with Gasteiger partial charge in [0.15, 0.2) is 0 Å². The van der Waals surface area contributed by atoms with E-state index in [1.807, 2.05) is 25.9 Å². The average Bonchev–Trinajstić information content (AvgIpc) is 3.13. The van der Waals surface area contributed by atoms with Gasteiger partial charge in [0.05, 0.1) is 25.4 Å². The molecular formula is C19H26N4O3. The summed E-state index contributed by atoms with van der Waals surface area (Å²) < 4.78 is 5.13. The second-order valence-electron chi connectivity index (χ2n) is 6.31. The van der Waals surface area contributed by atoms with Crippen LogP contribution >= 0.6 is 0 Å². The van der Waals surface area contributed by atoms with Crippen LogP contribution in [-0.2, 0) is 11.3 Å². The number of nitrogens with zero attached hydrogens (tertiary/aromatic N) is 1. The molecule has 3 amide bonds. The number of carbonyl (C=O) groups is 2. The molecule has 140 valence electrons. The third-order valence-electron chi connectivity index (χ3n) is 3.99. The lowest BCUT2D eigenvalue weighted by Gasteiger charge is -2.25. The quantitative estimate of drug-likeness (QED) is 0.672. The van der Waals surface area contributed by atoms with Gasteiger partial charge >= 0.3 is 6.03 Å². The van der Waals surface area contributed by atoms with Crippen molar-refractivity contribution in [1.29, 1.82) is 0 Å². The van der Waals surface area contributed by atoms with E-state index in [4.69, 9.17) is 4.42 Å². The molecule has 0 saturated carbocycles. The first kappa shape index (κ1) is 19.5. The molecule has 3 N–H and O–H groups in total. The molecule has 0 aliphatic carbocycles. The molecule has 26 heavy (non-hydrogen) atoms. The summed E-state index contributed by atoms with van der Waals surface area (Å²) in [5.41, 5.74) is 2.31. The van der Waals surface area contributed by atoms with E-state index in [1.54, 1.807) is 18.4 Å². The van der Waals surface area contributed by atoms with E-state index in [2.05, 4.69) is 40.2 Å². The predicted molar refractivity (Wildman–Crippen MR) is 99.6 cm³/mol. The van der Waals surface area contributed by atoms with Gasteiger partial charge in [-0.2, -0.15) is 0 Å². The fourth-order valence-corrected chi connectivity index (χ4v) is 2.46. The SMILES string of the molecule is Cc1ccc(C(CNC(=O)NCC(=O)NCc2ccco2)N(C)C)cc1. The number of hydrogen-bond acceptors (Lipinski definition) is 4. The molecule has 0 spiro atoms. The molecule has 0 saturated heterocycles. The van der Waals surface area contributed by atoms with E-state index < -0.39 is 0 Å². The van der Waals surface area contributed by atoms with Gasteiger partial charge in [-0.05, 0) is 38.7 Å². The summed E-state index contributed by atoms with van der Waals surface area (Å²) in [5.74, 6) is 0.383. The summed E-state index contributed by atoms with van der Waals surface area (Å²) in [5, 5.41) is 8.04. The van der Waals surface area contributed by atoms with Crippen molar-refractivity contribution in [2.24, 2.45) is 0 Å². The summed E-state index contributed by atoms with van der Waals surface area (Å²) in [6.45, 7) is 2.68. The highest BCUT2D eigenvalue weighted by Crippen LogP contribution is 2.17. The zero-order chi connectivity index (χ0) is 18.9. The lowest BCUT2D eigenvalue weighted by atomic mass is 10.0. The van der Waals surface area contributed by atoms with E-state index in [9.17, 15) is 9.59 Å². The van der Waals surface area contributed by atoms with Crippen LogP contribution in [0, 0.1) is 6.92 Å². The Kier molecular flexibility index (Phi) is 7.23. The number of aryl methyl sites for hydroxylation is 1. The van der Waals surface area contributed by atoms with Crippen molar-refractivity contribution in [3.8, 4) is 0 Å². The van der Waals surface area contributed by atoms with E-state index in [0.717, 1.165) is 5.56 Å². The second kappa shape index (κ2) is 9.62. The van der Waals surface area contributed by atoms with Crippen LogP contribution in [-0.4, -0.2) is 44.0 Å². The molecule has 0 aliphatic heterocycles. The van der Waals surface area contributed by atoms with Crippen LogP contribution in [0.4, 0.5) is 4.79 Å². The van der Waals surface area contributed by atoms with Gasteiger partial charge in [0, 0.05) is 6.54 Å². The van der Waals surface area contributed by atoms with Crippen molar-refractivity contribution in [1.82, 2.24) is 20.9 Å². The molecule has 1 aromatic heterocycles. The molecule has 1 unspecified atom stereocenters. The van der Waals surface area contributed by atoms with Crippen LogP contribution in [0.3, 0.4) is 0 Å². The van der Waals surface area contributed by atoms with Crippen LogP contribution in [0.5, 0.6) is 0 Å². The molecule has 0 fully saturated rings. The first-order valence-electron chi connectivity index (χ1n) is 8.49. The molecule has 1 aromatic carbocycles. The third-order valence-corrected chi connectivity index (χ3v) is 3.99. The highest BCUT2D eigenvalue weighted by Gasteiger charge is 2.15. The Balaban J connectivity index is 1.73. The van der Waals surface area contributed by atoms with Crippen LogP contribution < -0.4 is 16.0 Å². The highest BCUT2D eigenvalue weighted by atomic mass is 16.3. The fraction of sp³-hybridized carbons (Fsp3) is 0.368.